The average Bonchev–Trinajstić information content (AvgIpc) is 3.27. The van der Waals surface area contributed by atoms with E-state index in [1.807, 2.05) is 0 Å². The Bertz CT molecular complexity index is 737. The van der Waals surface area contributed by atoms with Crippen molar-refractivity contribution in [3.63, 3.8) is 0 Å². The standard InChI is InChI=1S/C21H31F2N3O4/c1-24(25(2)21(20(27)28-3)8-4-5-9-21)16-6-7-17(19(23)18(16)22)30-15-12-26-10-13-29-14-11-26/h6-7H,4-5,8-15H2,1-3H3. The van der Waals surface area contributed by atoms with Crippen LogP contribution in [0.1, 0.15) is 25.7 Å². The molecule has 0 atom stereocenters. The molecule has 1 aromatic carbocycles. The zero-order chi connectivity index (χ0) is 21.7. The van der Waals surface area contributed by atoms with Gasteiger partial charge < -0.3 is 19.2 Å². The molecule has 1 heterocycles. The number of hydrogen-bond acceptors (Lipinski definition) is 7. The number of morpholine rings is 1. The molecule has 0 unspecified atom stereocenters. The summed E-state index contributed by atoms with van der Waals surface area (Å²) in [4.78, 5) is 14.6. The molecule has 1 saturated heterocycles. The van der Waals surface area contributed by atoms with Gasteiger partial charge >= 0.3 is 5.97 Å². The van der Waals surface area contributed by atoms with E-state index in [9.17, 15) is 13.6 Å². The quantitative estimate of drug-likeness (QED) is 0.467. The molecule has 2 aliphatic rings. The van der Waals surface area contributed by atoms with Crippen molar-refractivity contribution in [3.8, 4) is 5.75 Å². The van der Waals surface area contributed by atoms with E-state index in [0.717, 1.165) is 25.9 Å². The highest BCUT2D eigenvalue weighted by molar-refractivity contribution is 5.81. The zero-order valence-electron chi connectivity index (χ0n) is 18.0. The average molecular weight is 427 g/mol. The summed E-state index contributed by atoms with van der Waals surface area (Å²) in [7, 11) is 4.66. The fourth-order valence-electron chi connectivity index (χ4n) is 4.25. The summed E-state index contributed by atoms with van der Waals surface area (Å²) in [6.45, 7) is 3.83. The first kappa shape index (κ1) is 22.7. The predicted molar refractivity (Wildman–Crippen MR) is 108 cm³/mol. The van der Waals surface area contributed by atoms with E-state index in [0.29, 0.717) is 32.6 Å². The van der Waals surface area contributed by atoms with E-state index in [4.69, 9.17) is 14.2 Å². The monoisotopic (exact) mass is 427 g/mol. The number of carbonyl (C=O) groups is 1. The smallest absolute Gasteiger partial charge is 0.328 e. The second-order valence-electron chi connectivity index (χ2n) is 7.79. The van der Waals surface area contributed by atoms with Crippen molar-refractivity contribution in [2.75, 3.05) is 65.7 Å². The van der Waals surface area contributed by atoms with Crippen LogP contribution < -0.4 is 9.75 Å². The summed E-state index contributed by atoms with van der Waals surface area (Å²) in [6, 6.07) is 2.90. The van der Waals surface area contributed by atoms with Gasteiger partial charge in [0.25, 0.3) is 0 Å². The van der Waals surface area contributed by atoms with Gasteiger partial charge in [0.1, 0.15) is 12.1 Å². The summed E-state index contributed by atoms with van der Waals surface area (Å²) in [6.07, 6.45) is 2.96. The highest BCUT2D eigenvalue weighted by Gasteiger charge is 2.48. The van der Waals surface area contributed by atoms with Gasteiger partial charge in [-0.3, -0.25) is 4.90 Å². The van der Waals surface area contributed by atoms with Gasteiger partial charge in [-0.05, 0) is 25.0 Å². The highest BCUT2D eigenvalue weighted by atomic mass is 19.2. The minimum absolute atomic E-state index is 0.0331. The number of likely N-dealkylation sites (N-methyl/N-ethyl adjacent to an activating group) is 1. The number of rotatable bonds is 8. The van der Waals surface area contributed by atoms with Crippen molar-refractivity contribution in [2.24, 2.45) is 0 Å². The Kier molecular flexibility index (Phi) is 7.49. The van der Waals surface area contributed by atoms with Crippen molar-refractivity contribution in [3.05, 3.63) is 23.8 Å². The van der Waals surface area contributed by atoms with Crippen LogP contribution in [0, 0.1) is 11.6 Å². The number of benzene rings is 1. The largest absolute Gasteiger partial charge is 0.489 e. The van der Waals surface area contributed by atoms with Gasteiger partial charge in [-0.1, -0.05) is 12.8 Å². The Balaban J connectivity index is 1.69. The molecule has 0 N–H and O–H groups in total. The lowest BCUT2D eigenvalue weighted by atomic mass is 9.97. The van der Waals surface area contributed by atoms with Gasteiger partial charge in [-0.15, -0.1) is 0 Å². The van der Waals surface area contributed by atoms with Gasteiger partial charge in [-0.25, -0.2) is 14.2 Å². The minimum Gasteiger partial charge on any atom is -0.489 e. The molecular formula is C21H31F2N3O4. The summed E-state index contributed by atoms with van der Waals surface area (Å²) >= 11 is 0. The van der Waals surface area contributed by atoms with Gasteiger partial charge in [0.05, 0.1) is 26.0 Å². The van der Waals surface area contributed by atoms with E-state index in [2.05, 4.69) is 4.90 Å². The summed E-state index contributed by atoms with van der Waals surface area (Å²) in [5.74, 6) is -2.53. The Morgan fingerprint density at radius 2 is 1.83 bits per heavy atom. The molecule has 1 aromatic rings. The second-order valence-corrected chi connectivity index (χ2v) is 7.79. The molecule has 2 fully saturated rings. The van der Waals surface area contributed by atoms with Crippen LogP contribution in [0.4, 0.5) is 14.5 Å². The third-order valence-corrected chi connectivity index (χ3v) is 6.21. The van der Waals surface area contributed by atoms with Crippen LogP contribution in [0.25, 0.3) is 0 Å². The third kappa shape index (κ3) is 4.53. The number of carbonyl (C=O) groups excluding carboxylic acids is 1. The molecule has 7 nitrogen and oxygen atoms in total. The van der Waals surface area contributed by atoms with Crippen LogP contribution in [0.5, 0.6) is 5.75 Å². The van der Waals surface area contributed by atoms with E-state index in [-0.39, 0.29) is 24.0 Å². The van der Waals surface area contributed by atoms with E-state index in [1.165, 1.54) is 24.3 Å². The Morgan fingerprint density at radius 3 is 2.47 bits per heavy atom. The zero-order valence-corrected chi connectivity index (χ0v) is 18.0. The summed E-state index contributed by atoms with van der Waals surface area (Å²) in [5, 5.41) is 3.13. The maximum Gasteiger partial charge on any atom is 0.328 e. The number of hydrogen-bond donors (Lipinski definition) is 0. The van der Waals surface area contributed by atoms with Gasteiger partial charge in [0.2, 0.25) is 5.82 Å². The number of esters is 1. The number of hydrazine groups is 1. The minimum atomic E-state index is -1.03. The van der Waals surface area contributed by atoms with Crippen LogP contribution in [0.2, 0.25) is 0 Å². The SMILES string of the molecule is COC(=O)C1(N(C)N(C)c2ccc(OCCN3CCOCC3)c(F)c2F)CCCC1. The fraction of sp³-hybridized carbons (Fsp3) is 0.667. The Morgan fingerprint density at radius 1 is 1.17 bits per heavy atom. The van der Waals surface area contributed by atoms with Crippen molar-refractivity contribution >= 4 is 11.7 Å². The summed E-state index contributed by atoms with van der Waals surface area (Å²) in [5.41, 5.74) is -0.842. The topological polar surface area (TPSA) is 54.5 Å². The first-order valence-electron chi connectivity index (χ1n) is 10.4. The van der Waals surface area contributed by atoms with Crippen LogP contribution in [-0.2, 0) is 14.3 Å². The predicted octanol–water partition coefficient (Wildman–Crippen LogP) is 2.44. The van der Waals surface area contributed by atoms with E-state index >= 15 is 0 Å². The van der Waals surface area contributed by atoms with E-state index < -0.39 is 17.2 Å². The molecule has 168 valence electrons. The number of anilines is 1. The lowest BCUT2D eigenvalue weighted by Crippen LogP contribution is -2.58. The molecule has 0 radical (unpaired) electrons. The first-order chi connectivity index (χ1) is 14.4. The van der Waals surface area contributed by atoms with Gasteiger partial charge in [0, 0.05) is 33.7 Å². The number of nitrogens with zero attached hydrogens (tertiary/aromatic N) is 3. The highest BCUT2D eigenvalue weighted by Crippen LogP contribution is 2.38. The lowest BCUT2D eigenvalue weighted by molar-refractivity contribution is -0.154. The second kappa shape index (κ2) is 9.89. The van der Waals surface area contributed by atoms with Crippen LogP contribution in [0.15, 0.2) is 12.1 Å². The normalized spacial score (nSPS) is 19.1. The van der Waals surface area contributed by atoms with Crippen LogP contribution in [-0.4, -0.2) is 82.1 Å². The van der Waals surface area contributed by atoms with Gasteiger partial charge in [0.15, 0.2) is 11.6 Å². The molecule has 30 heavy (non-hydrogen) atoms. The third-order valence-electron chi connectivity index (χ3n) is 6.21. The molecule has 3 rings (SSSR count). The molecule has 1 saturated carbocycles. The summed E-state index contributed by atoms with van der Waals surface area (Å²) < 4.78 is 45.3. The molecule has 1 aliphatic heterocycles. The molecule has 0 spiro atoms. The molecule has 1 aliphatic carbocycles. The van der Waals surface area contributed by atoms with Gasteiger partial charge in [-0.2, -0.15) is 4.39 Å². The fourth-order valence-corrected chi connectivity index (χ4v) is 4.25. The molecular weight excluding hydrogens is 396 g/mol. The van der Waals surface area contributed by atoms with Crippen molar-refractivity contribution in [2.45, 2.75) is 31.2 Å². The van der Waals surface area contributed by atoms with E-state index in [1.54, 1.807) is 19.1 Å². The first-order valence-corrected chi connectivity index (χ1v) is 10.4. The molecule has 0 bridgehead atoms. The lowest BCUT2D eigenvalue weighted by Gasteiger charge is -2.42. The number of halogens is 2. The number of methoxy groups -OCH3 is 1. The van der Waals surface area contributed by atoms with Crippen molar-refractivity contribution in [1.29, 1.82) is 0 Å². The van der Waals surface area contributed by atoms with Crippen LogP contribution in [0.3, 0.4) is 0 Å². The molecule has 0 amide bonds. The maximum atomic E-state index is 14.9. The van der Waals surface area contributed by atoms with Crippen molar-refractivity contribution in [1.82, 2.24) is 9.91 Å². The Hall–Kier alpha value is -1.97. The number of ether oxygens (including phenoxy) is 3. The van der Waals surface area contributed by atoms with Crippen LogP contribution >= 0.6 is 0 Å². The molecule has 9 heteroatoms. The Labute approximate surface area is 176 Å². The van der Waals surface area contributed by atoms with Crippen molar-refractivity contribution < 1.29 is 27.8 Å². The molecule has 0 aromatic heterocycles. The maximum absolute atomic E-state index is 14.9.